The molecule has 0 saturated heterocycles. The molecule has 3 aliphatic heterocycles. The SMILES string of the molecule is CO[C@H]1C=CO[C@@]2(C)Oc3c(C)c(OC(=O)C(C)(C)C)c4c(c3C2=O)C(=O)C(N(C)C)=C(NC(=O)C(C)=CC=C[C@H](C)[C@H](O)[C@@H](C)[C@H](O)[C@H](C)[C@H](OC(C)=O)[C@@H]1C)C4=O. The molecule has 15 nitrogen and oxygen atoms in total. The lowest BCUT2D eigenvalue weighted by atomic mass is 9.78. The van der Waals surface area contributed by atoms with Crippen molar-refractivity contribution in [2.24, 2.45) is 29.1 Å². The molecular formula is C44H58N2O13. The summed E-state index contributed by atoms with van der Waals surface area (Å²) in [6, 6.07) is 0. The number of nitrogens with one attached hydrogen (secondary N) is 1. The van der Waals surface area contributed by atoms with E-state index in [-0.39, 0.29) is 39.5 Å². The van der Waals surface area contributed by atoms with Crippen LogP contribution in [0.3, 0.4) is 0 Å². The molecule has 0 fully saturated rings. The monoisotopic (exact) mass is 822 g/mol. The number of Topliss-reactive ketones (excluding diaryl/α,β-unsaturated/α-hetero) is 3. The summed E-state index contributed by atoms with van der Waals surface area (Å²) in [7, 11) is 4.41. The van der Waals surface area contributed by atoms with E-state index in [0.717, 1.165) is 0 Å². The van der Waals surface area contributed by atoms with Crippen LogP contribution in [0, 0.1) is 36.0 Å². The second kappa shape index (κ2) is 17.6. The minimum absolute atomic E-state index is 0.0542. The van der Waals surface area contributed by atoms with Crippen LogP contribution in [-0.4, -0.2) is 102 Å². The summed E-state index contributed by atoms with van der Waals surface area (Å²) in [5.74, 6) is -9.79. The molecule has 59 heavy (non-hydrogen) atoms. The Bertz CT molecular complexity index is 2040. The van der Waals surface area contributed by atoms with Crippen molar-refractivity contribution >= 4 is 35.2 Å². The van der Waals surface area contributed by atoms with E-state index >= 15 is 0 Å². The van der Waals surface area contributed by atoms with Gasteiger partial charge in [-0.15, -0.1) is 0 Å². The van der Waals surface area contributed by atoms with Crippen LogP contribution in [0.25, 0.3) is 0 Å². The Kier molecular flexibility index (Phi) is 13.9. The van der Waals surface area contributed by atoms with Crippen LogP contribution in [-0.2, 0) is 28.6 Å². The number of aliphatic hydroxyl groups is 2. The second-order valence-corrected chi connectivity index (χ2v) is 17.0. The highest BCUT2D eigenvalue weighted by atomic mass is 16.7. The number of rotatable bonds is 4. The quantitative estimate of drug-likeness (QED) is 0.277. The number of allylic oxidation sites excluding steroid dienone is 4. The molecule has 322 valence electrons. The first kappa shape index (κ1) is 46.6. The van der Waals surface area contributed by atoms with Gasteiger partial charge in [0.15, 0.2) is 0 Å². The molecule has 1 aliphatic carbocycles. The number of esters is 2. The molecule has 1 amide bonds. The number of likely N-dealkylation sites (N-methyl/N-ethyl adjacent to an activating group) is 1. The van der Waals surface area contributed by atoms with E-state index in [1.807, 2.05) is 0 Å². The molecule has 4 aliphatic rings. The molecule has 3 heterocycles. The van der Waals surface area contributed by atoms with Crippen molar-refractivity contribution in [3.63, 3.8) is 0 Å². The lowest BCUT2D eigenvalue weighted by Crippen LogP contribution is -2.46. The van der Waals surface area contributed by atoms with Gasteiger partial charge in [-0.05, 0) is 40.7 Å². The van der Waals surface area contributed by atoms with Gasteiger partial charge in [-0.1, -0.05) is 45.9 Å². The summed E-state index contributed by atoms with van der Waals surface area (Å²) < 4.78 is 29.5. The number of hydrogen-bond acceptors (Lipinski definition) is 14. The van der Waals surface area contributed by atoms with Crippen molar-refractivity contribution in [1.29, 1.82) is 0 Å². The van der Waals surface area contributed by atoms with Crippen LogP contribution in [0.1, 0.15) is 106 Å². The summed E-state index contributed by atoms with van der Waals surface area (Å²) in [4.78, 5) is 84.7. The molecule has 1 aromatic rings. The third kappa shape index (κ3) is 9.07. The Balaban J connectivity index is 1.99. The number of aliphatic hydroxyl groups excluding tert-OH is 2. The number of amides is 1. The lowest BCUT2D eigenvalue weighted by Gasteiger charge is -2.38. The van der Waals surface area contributed by atoms with E-state index in [1.54, 1.807) is 60.6 Å². The van der Waals surface area contributed by atoms with Crippen molar-refractivity contribution in [2.45, 2.75) is 106 Å². The van der Waals surface area contributed by atoms with Crippen LogP contribution >= 0.6 is 0 Å². The van der Waals surface area contributed by atoms with Crippen molar-refractivity contribution in [2.75, 3.05) is 21.2 Å². The molecule has 9 atom stereocenters. The number of carbonyl (C=O) groups is 6. The Labute approximate surface area is 345 Å². The number of ether oxygens (including phenoxy) is 5. The van der Waals surface area contributed by atoms with Gasteiger partial charge in [0.05, 0.1) is 46.7 Å². The minimum Gasteiger partial charge on any atom is -0.462 e. The molecular weight excluding hydrogens is 764 g/mol. The maximum absolute atomic E-state index is 14.7. The topological polar surface area (TPSA) is 204 Å². The molecule has 0 saturated carbocycles. The first-order valence-corrected chi connectivity index (χ1v) is 19.5. The number of carbonyl (C=O) groups excluding carboxylic acids is 6. The Morgan fingerprint density at radius 2 is 1.53 bits per heavy atom. The lowest BCUT2D eigenvalue weighted by molar-refractivity contribution is -0.160. The van der Waals surface area contributed by atoms with E-state index in [1.165, 1.54) is 72.2 Å². The first-order chi connectivity index (χ1) is 27.3. The molecule has 0 spiro atoms. The standard InChI is InChI=1S/C44H58N2O13/c1-20-16-15-17-21(2)41(53)45-31-32(46(12)13)36(51)28-29(35(31)50)38(58-42(54)43(8,9)10)25(6)39-30(28)40(52)44(11,59-39)56-19-18-27(55-14)22(3)37(57-26(7)47)24(5)34(49)23(4)33(20)48/h15-20,22-24,27,33-34,37,48-49H,1-14H3,(H,45,53)/t20-,22+,23+,24-,27-,33-,34-,37+,44-/m0/s1. The molecule has 0 aromatic heterocycles. The van der Waals surface area contributed by atoms with E-state index in [9.17, 15) is 39.0 Å². The molecule has 3 N–H and O–H groups in total. The number of nitrogens with zero attached hydrogens (tertiary/aromatic N) is 1. The second-order valence-electron chi connectivity index (χ2n) is 17.0. The van der Waals surface area contributed by atoms with Gasteiger partial charge >= 0.3 is 17.7 Å². The highest BCUT2D eigenvalue weighted by molar-refractivity contribution is 6.32. The summed E-state index contributed by atoms with van der Waals surface area (Å²) >= 11 is 0. The molecule has 0 unspecified atom stereocenters. The number of ketones is 3. The van der Waals surface area contributed by atoms with E-state index < -0.39 is 106 Å². The number of methoxy groups -OCH3 is 1. The predicted octanol–water partition coefficient (Wildman–Crippen LogP) is 4.77. The van der Waals surface area contributed by atoms with Gasteiger partial charge in [-0.3, -0.25) is 28.8 Å². The van der Waals surface area contributed by atoms with E-state index in [2.05, 4.69) is 5.32 Å². The summed E-state index contributed by atoms with van der Waals surface area (Å²) in [6.07, 6.45) is 3.32. The van der Waals surface area contributed by atoms with Crippen LogP contribution < -0.4 is 14.8 Å². The van der Waals surface area contributed by atoms with Crippen LogP contribution in [0.5, 0.6) is 11.5 Å². The minimum atomic E-state index is -2.12. The zero-order chi connectivity index (χ0) is 44.6. The molecule has 5 rings (SSSR count). The average Bonchev–Trinajstić information content (AvgIpc) is 3.42. The zero-order valence-electron chi connectivity index (χ0n) is 36.3. The van der Waals surface area contributed by atoms with Crippen molar-refractivity contribution < 1.29 is 62.7 Å². The molecule has 0 radical (unpaired) electrons. The Morgan fingerprint density at radius 1 is 0.898 bits per heavy atom. The average molecular weight is 823 g/mol. The molecule has 15 heteroatoms. The predicted molar refractivity (Wildman–Crippen MR) is 215 cm³/mol. The number of fused-ring (bicyclic) bond motifs is 14. The summed E-state index contributed by atoms with van der Waals surface area (Å²) in [5.41, 5.74) is -2.61. The third-order valence-corrected chi connectivity index (χ3v) is 11.2. The zero-order valence-corrected chi connectivity index (χ0v) is 36.3. The first-order valence-electron chi connectivity index (χ1n) is 19.5. The Morgan fingerprint density at radius 3 is 2.08 bits per heavy atom. The summed E-state index contributed by atoms with van der Waals surface area (Å²) in [5, 5.41) is 25.4. The summed E-state index contributed by atoms with van der Waals surface area (Å²) in [6.45, 7) is 17.2. The molecule has 5 bridgehead atoms. The van der Waals surface area contributed by atoms with Crippen LogP contribution in [0.2, 0.25) is 0 Å². The largest absolute Gasteiger partial charge is 0.462 e. The maximum Gasteiger partial charge on any atom is 0.316 e. The van der Waals surface area contributed by atoms with Gasteiger partial charge in [0.2, 0.25) is 11.6 Å². The van der Waals surface area contributed by atoms with Gasteiger partial charge in [0, 0.05) is 69.9 Å². The maximum atomic E-state index is 14.7. The van der Waals surface area contributed by atoms with Crippen molar-refractivity contribution in [3.05, 3.63) is 69.8 Å². The fraction of sp³-hybridized carbons (Fsp3) is 0.545. The van der Waals surface area contributed by atoms with Gasteiger partial charge in [-0.25, -0.2) is 0 Å². The number of hydrogen-bond donors (Lipinski definition) is 3. The highest BCUT2D eigenvalue weighted by Crippen LogP contribution is 2.49. The number of benzene rings is 1. The van der Waals surface area contributed by atoms with E-state index in [4.69, 9.17) is 23.7 Å². The molecule has 1 aromatic carbocycles. The normalized spacial score (nSPS) is 29.4. The fourth-order valence-electron chi connectivity index (χ4n) is 7.46. The van der Waals surface area contributed by atoms with Crippen LogP contribution in [0.15, 0.2) is 47.5 Å². The van der Waals surface area contributed by atoms with Crippen molar-refractivity contribution in [1.82, 2.24) is 10.2 Å². The smallest absolute Gasteiger partial charge is 0.316 e. The van der Waals surface area contributed by atoms with Crippen molar-refractivity contribution in [3.8, 4) is 11.5 Å². The Hall–Kier alpha value is -5.12. The third-order valence-electron chi connectivity index (χ3n) is 11.2. The van der Waals surface area contributed by atoms with Gasteiger partial charge < -0.3 is 44.1 Å². The fourth-order valence-corrected chi connectivity index (χ4v) is 7.46. The van der Waals surface area contributed by atoms with Gasteiger partial charge in [0.1, 0.15) is 29.0 Å². The van der Waals surface area contributed by atoms with E-state index in [0.29, 0.717) is 0 Å². The van der Waals surface area contributed by atoms with Gasteiger partial charge in [-0.2, -0.15) is 0 Å². The van der Waals surface area contributed by atoms with Crippen LogP contribution in [0.4, 0.5) is 0 Å². The van der Waals surface area contributed by atoms with Gasteiger partial charge in [0.25, 0.3) is 11.7 Å². The highest BCUT2D eigenvalue weighted by Gasteiger charge is 2.53.